The van der Waals surface area contributed by atoms with Crippen molar-refractivity contribution in [1.82, 2.24) is 5.32 Å². The standard InChI is InChI=1S/C86H157NO18/c1-3-5-7-9-11-13-15-17-19-21-23-25-27-29-31-32-33-34-35-36-38-39-41-43-45-47-49-51-53-55-57-59-61-63-70(91)69(87-74(92)64-62-60-58-56-54-52-50-48-46-44-42-40-37-30-28-26-24-22-20-18-16-14-12-10-8-6-4-2)68-100-84-80(98)77(95)82(72(66-89)102-84)105-86-81(99)78(96)83(73(67-90)103-86)104-85-79(97)76(94)75(93)71(65-88)101-85/h6,8,12,14,18,20,24,26,30,37,69-73,75-86,88-91,93-99H,3-5,7,9-11,13,15-17,19,21-23,25,27-29,31-36,38-68H2,1-2H3,(H,87,92)/b8-6-,14-12-,20-18-,26-24-,37-30-. The highest BCUT2D eigenvalue weighted by Crippen LogP contribution is 2.33. The molecule has 19 nitrogen and oxygen atoms in total. The molecule has 0 aromatic carbocycles. The van der Waals surface area contributed by atoms with Crippen LogP contribution in [0.2, 0.25) is 0 Å². The fourth-order valence-electron chi connectivity index (χ4n) is 14.5. The van der Waals surface area contributed by atoms with E-state index < -0.39 is 124 Å². The second kappa shape index (κ2) is 66.1. The van der Waals surface area contributed by atoms with E-state index in [0.29, 0.717) is 12.8 Å². The predicted molar refractivity (Wildman–Crippen MR) is 420 cm³/mol. The predicted octanol–water partition coefficient (Wildman–Crippen LogP) is 15.4. The zero-order chi connectivity index (χ0) is 76.0. The first-order chi connectivity index (χ1) is 51.3. The summed E-state index contributed by atoms with van der Waals surface area (Å²) in [5.41, 5.74) is 0. The van der Waals surface area contributed by atoms with Crippen LogP contribution in [-0.4, -0.2) is 193 Å². The minimum absolute atomic E-state index is 0.243. The Morgan fingerprint density at radius 1 is 0.352 bits per heavy atom. The van der Waals surface area contributed by atoms with Gasteiger partial charge in [0.05, 0.1) is 38.6 Å². The van der Waals surface area contributed by atoms with Gasteiger partial charge < -0.3 is 89.9 Å². The minimum atomic E-state index is -1.98. The number of nitrogens with one attached hydrogen (secondary N) is 1. The first kappa shape index (κ1) is 96.7. The number of carbonyl (C=O) groups is 1. The molecule has 3 aliphatic heterocycles. The molecule has 0 saturated carbocycles. The SMILES string of the molecule is CC/C=C\C/C=C\C/C=C\C/C=C\C/C=C\CCCCCCCCCCCCCC(=O)NC(COC1OC(CO)C(OC2OC(CO)C(OC3OC(CO)C(O)C(O)C3O)C(O)C2O)C(O)C1O)C(O)CCCCCCCCCCCCCCCCCCCCCCCCCCCCCCCCCCC. The molecule has 1 amide bonds. The second-order valence-corrected chi connectivity index (χ2v) is 30.6. The lowest BCUT2D eigenvalue weighted by Gasteiger charge is -2.48. The summed E-state index contributed by atoms with van der Waals surface area (Å²) in [5.74, 6) is -0.243. The van der Waals surface area contributed by atoms with Crippen LogP contribution in [0.15, 0.2) is 60.8 Å². The summed E-state index contributed by atoms with van der Waals surface area (Å²) in [5, 5.41) is 121. The van der Waals surface area contributed by atoms with E-state index in [0.717, 1.165) is 83.5 Å². The quantitative estimate of drug-likeness (QED) is 0.0199. The van der Waals surface area contributed by atoms with Gasteiger partial charge in [0.1, 0.15) is 73.2 Å². The molecule has 0 aromatic rings. The van der Waals surface area contributed by atoms with E-state index in [1.165, 1.54) is 231 Å². The molecule has 3 rings (SSSR count). The summed E-state index contributed by atoms with van der Waals surface area (Å²) >= 11 is 0. The zero-order valence-corrected chi connectivity index (χ0v) is 66.0. The van der Waals surface area contributed by atoms with E-state index in [1.807, 2.05) is 0 Å². The van der Waals surface area contributed by atoms with Crippen molar-refractivity contribution in [2.45, 2.75) is 452 Å². The lowest BCUT2D eigenvalue weighted by Crippen LogP contribution is -2.66. The zero-order valence-electron chi connectivity index (χ0n) is 66.0. The van der Waals surface area contributed by atoms with Crippen molar-refractivity contribution < 1.29 is 89.4 Å². The molecular formula is C86H157NO18. The Bertz CT molecular complexity index is 2130. The van der Waals surface area contributed by atoms with Crippen LogP contribution in [0.5, 0.6) is 0 Å². The molecule has 19 heteroatoms. The Labute approximate surface area is 636 Å². The van der Waals surface area contributed by atoms with E-state index >= 15 is 0 Å². The van der Waals surface area contributed by atoms with Gasteiger partial charge in [-0.1, -0.05) is 344 Å². The minimum Gasteiger partial charge on any atom is -0.394 e. The molecule has 0 aromatic heterocycles. The van der Waals surface area contributed by atoms with Crippen molar-refractivity contribution in [3.8, 4) is 0 Å². The monoisotopic (exact) mass is 1490 g/mol. The van der Waals surface area contributed by atoms with Gasteiger partial charge >= 0.3 is 0 Å². The summed E-state index contributed by atoms with van der Waals surface area (Å²) in [6.45, 7) is 1.73. The van der Waals surface area contributed by atoms with Gasteiger partial charge in [0.2, 0.25) is 5.91 Å². The maximum atomic E-state index is 13.5. The number of hydrogen-bond donors (Lipinski definition) is 12. The molecule has 0 bridgehead atoms. The Balaban J connectivity index is 1.34. The maximum Gasteiger partial charge on any atom is 0.220 e. The summed E-state index contributed by atoms with van der Waals surface area (Å²) in [7, 11) is 0. The van der Waals surface area contributed by atoms with Crippen LogP contribution in [0.25, 0.3) is 0 Å². The van der Waals surface area contributed by atoms with Gasteiger partial charge in [0, 0.05) is 6.42 Å². The van der Waals surface area contributed by atoms with Gasteiger partial charge in [-0.15, -0.1) is 0 Å². The number of unbranched alkanes of at least 4 members (excludes halogenated alkanes) is 43. The van der Waals surface area contributed by atoms with E-state index in [9.17, 15) is 61.0 Å². The Morgan fingerprint density at radius 2 is 0.657 bits per heavy atom. The highest BCUT2D eigenvalue weighted by atomic mass is 16.8. The Kier molecular flexibility index (Phi) is 60.9. The number of aliphatic hydroxyl groups is 11. The summed E-state index contributed by atoms with van der Waals surface area (Å²) in [6, 6.07) is -0.894. The third kappa shape index (κ3) is 45.6. The molecule has 0 spiro atoms. The van der Waals surface area contributed by atoms with E-state index in [2.05, 4.69) is 79.9 Å². The number of aliphatic hydroxyl groups excluding tert-OH is 11. The van der Waals surface area contributed by atoms with Crippen molar-refractivity contribution in [2.24, 2.45) is 0 Å². The van der Waals surface area contributed by atoms with Gasteiger partial charge in [-0.2, -0.15) is 0 Å². The van der Waals surface area contributed by atoms with Gasteiger partial charge in [-0.25, -0.2) is 0 Å². The average molecular weight is 1490 g/mol. The Morgan fingerprint density at radius 3 is 1.03 bits per heavy atom. The molecule has 3 fully saturated rings. The summed E-state index contributed by atoms with van der Waals surface area (Å²) in [6.07, 6.45) is 58.9. The van der Waals surface area contributed by atoms with Crippen LogP contribution in [0.4, 0.5) is 0 Å². The first-order valence-electron chi connectivity index (χ1n) is 43.0. The highest BCUT2D eigenvalue weighted by Gasteiger charge is 2.54. The molecule has 17 unspecified atom stereocenters. The molecule has 3 heterocycles. The normalized spacial score (nSPS) is 26.0. The van der Waals surface area contributed by atoms with Crippen molar-refractivity contribution in [1.29, 1.82) is 0 Å². The number of allylic oxidation sites excluding steroid dienone is 10. The van der Waals surface area contributed by atoms with Crippen molar-refractivity contribution in [3.63, 3.8) is 0 Å². The summed E-state index contributed by atoms with van der Waals surface area (Å²) in [4.78, 5) is 13.5. The van der Waals surface area contributed by atoms with Crippen LogP contribution in [0, 0.1) is 0 Å². The topological polar surface area (TPSA) is 307 Å². The van der Waals surface area contributed by atoms with Crippen LogP contribution in [-0.2, 0) is 33.2 Å². The van der Waals surface area contributed by atoms with Gasteiger partial charge in [-0.05, 0) is 57.8 Å². The number of rotatable bonds is 69. The average Bonchev–Trinajstić information content (AvgIpc) is 0.781. The molecule has 0 aliphatic carbocycles. The second-order valence-electron chi connectivity index (χ2n) is 30.6. The van der Waals surface area contributed by atoms with Crippen molar-refractivity contribution >= 4 is 5.91 Å². The van der Waals surface area contributed by atoms with Crippen molar-refractivity contribution in [3.05, 3.63) is 60.8 Å². The number of carbonyl (C=O) groups excluding carboxylic acids is 1. The molecule has 0 radical (unpaired) electrons. The Hall–Kier alpha value is -2.51. The van der Waals surface area contributed by atoms with E-state index in [1.54, 1.807) is 0 Å². The third-order valence-corrected chi connectivity index (χ3v) is 21.4. The molecule has 614 valence electrons. The van der Waals surface area contributed by atoms with E-state index in [4.69, 9.17) is 28.4 Å². The lowest BCUT2D eigenvalue weighted by molar-refractivity contribution is -0.379. The smallest absolute Gasteiger partial charge is 0.220 e. The van der Waals surface area contributed by atoms with E-state index in [-0.39, 0.29) is 18.9 Å². The molecule has 3 saturated heterocycles. The lowest BCUT2D eigenvalue weighted by atomic mass is 9.96. The highest BCUT2D eigenvalue weighted by molar-refractivity contribution is 5.76. The third-order valence-electron chi connectivity index (χ3n) is 21.4. The molecule has 17 atom stereocenters. The molecule has 105 heavy (non-hydrogen) atoms. The van der Waals surface area contributed by atoms with Gasteiger partial charge in [0.25, 0.3) is 0 Å². The van der Waals surface area contributed by atoms with Crippen molar-refractivity contribution in [2.75, 3.05) is 26.4 Å². The molecular weight excluding hydrogens is 1330 g/mol. The fraction of sp³-hybridized carbons (Fsp3) is 0.872. The van der Waals surface area contributed by atoms with Crippen LogP contribution >= 0.6 is 0 Å². The molecule has 12 N–H and O–H groups in total. The van der Waals surface area contributed by atoms with Crippen LogP contribution < -0.4 is 5.32 Å². The summed E-state index contributed by atoms with van der Waals surface area (Å²) < 4.78 is 34.6. The number of ether oxygens (including phenoxy) is 6. The fourth-order valence-corrected chi connectivity index (χ4v) is 14.5. The first-order valence-corrected chi connectivity index (χ1v) is 43.0. The van der Waals surface area contributed by atoms with Crippen LogP contribution in [0.3, 0.4) is 0 Å². The number of hydrogen-bond acceptors (Lipinski definition) is 18. The van der Waals surface area contributed by atoms with Crippen LogP contribution in [0.1, 0.15) is 348 Å². The van der Waals surface area contributed by atoms with Gasteiger partial charge in [-0.3, -0.25) is 4.79 Å². The molecule has 3 aliphatic rings. The largest absolute Gasteiger partial charge is 0.394 e. The maximum absolute atomic E-state index is 13.5. The number of amides is 1. The van der Waals surface area contributed by atoms with Gasteiger partial charge in [0.15, 0.2) is 18.9 Å².